The topological polar surface area (TPSA) is 49.3 Å². The summed E-state index contributed by atoms with van der Waals surface area (Å²) in [4.78, 5) is 9.89. The Hall–Kier alpha value is -2.22. The van der Waals surface area contributed by atoms with Gasteiger partial charge in [0, 0.05) is 38.3 Å². The summed E-state index contributed by atoms with van der Waals surface area (Å²) in [5, 5.41) is 0. The molecule has 0 radical (unpaired) electrons. The summed E-state index contributed by atoms with van der Waals surface area (Å²) in [5.74, 6) is 2.74. The van der Waals surface area contributed by atoms with Gasteiger partial charge in [-0.1, -0.05) is 12.1 Å². The van der Waals surface area contributed by atoms with Crippen LogP contribution in [-0.2, 0) is 6.42 Å². The first-order valence-corrected chi connectivity index (χ1v) is 10.9. The van der Waals surface area contributed by atoms with Gasteiger partial charge in [0.15, 0.2) is 5.50 Å². The number of nitrogens with one attached hydrogen (secondary N) is 1. The number of hydrogen-bond donors (Lipinski definition) is 1. The molecular weight excluding hydrogens is 384 g/mol. The molecule has 0 amide bonds. The van der Waals surface area contributed by atoms with E-state index in [9.17, 15) is 0 Å². The third kappa shape index (κ3) is 5.04. The van der Waals surface area contributed by atoms with Gasteiger partial charge in [0.25, 0.3) is 0 Å². The maximum absolute atomic E-state index is 5.32. The molecule has 1 atom stereocenters. The lowest BCUT2D eigenvalue weighted by Gasteiger charge is -2.36. The largest absolute Gasteiger partial charge is 0.497 e. The van der Waals surface area contributed by atoms with Crippen molar-refractivity contribution in [1.29, 1.82) is 0 Å². The highest BCUT2D eigenvalue weighted by Gasteiger charge is 2.28. The number of aliphatic imine (C=N–C) groups is 1. The van der Waals surface area contributed by atoms with Gasteiger partial charge in [0.1, 0.15) is 17.3 Å². The van der Waals surface area contributed by atoms with Gasteiger partial charge in [0.05, 0.1) is 14.2 Å². The maximum Gasteiger partial charge on any atom is 0.170 e. The molecule has 154 valence electrons. The van der Waals surface area contributed by atoms with E-state index in [-0.39, 0.29) is 5.50 Å². The number of methoxy groups -OCH3 is 2. The number of benzene rings is 2. The van der Waals surface area contributed by atoms with Crippen LogP contribution in [0.1, 0.15) is 11.1 Å². The Bertz CT molecular complexity index is 835. The van der Waals surface area contributed by atoms with E-state index in [1.165, 1.54) is 5.56 Å². The standard InChI is InChI=1S/C22H28N4O2S/c1-27-19-8-6-18(7-9-19)21-23-22(29-24-21)26-14-12-25(13-15-26)11-10-17-4-3-5-20(16-17)28-2/h3-9,16,22H,10-15H2,1-2H3,(H,23,24). The van der Waals surface area contributed by atoms with Gasteiger partial charge in [-0.25, -0.2) is 4.99 Å². The van der Waals surface area contributed by atoms with Crippen LogP contribution in [0.5, 0.6) is 11.5 Å². The highest BCUT2D eigenvalue weighted by molar-refractivity contribution is 7.98. The molecule has 0 saturated carbocycles. The molecule has 1 fully saturated rings. The summed E-state index contributed by atoms with van der Waals surface area (Å²) in [7, 11) is 3.40. The lowest BCUT2D eigenvalue weighted by molar-refractivity contribution is 0.127. The Balaban J connectivity index is 1.26. The van der Waals surface area contributed by atoms with Crippen molar-refractivity contribution in [3.8, 4) is 11.5 Å². The van der Waals surface area contributed by atoms with E-state index in [1.807, 2.05) is 30.3 Å². The fraction of sp³-hybridized carbons (Fsp3) is 0.409. The third-order valence-electron chi connectivity index (χ3n) is 5.43. The monoisotopic (exact) mass is 412 g/mol. The number of amidine groups is 1. The molecule has 4 rings (SSSR count). The number of nitrogens with zero attached hydrogens (tertiary/aromatic N) is 3. The molecule has 2 aromatic rings. The van der Waals surface area contributed by atoms with Gasteiger partial charge < -0.3 is 19.1 Å². The quantitative estimate of drug-likeness (QED) is 0.706. The molecule has 2 aliphatic rings. The minimum atomic E-state index is 0.146. The number of piperazine rings is 1. The lowest BCUT2D eigenvalue weighted by Crippen LogP contribution is -2.49. The minimum absolute atomic E-state index is 0.146. The lowest BCUT2D eigenvalue weighted by atomic mass is 10.1. The summed E-state index contributed by atoms with van der Waals surface area (Å²) >= 11 is 1.69. The molecule has 0 bridgehead atoms. The first kappa shape index (κ1) is 20.1. The Kier molecular flexibility index (Phi) is 6.59. The number of ether oxygens (including phenoxy) is 2. The first-order chi connectivity index (χ1) is 14.2. The van der Waals surface area contributed by atoms with Crippen LogP contribution in [0.3, 0.4) is 0 Å². The molecule has 1 unspecified atom stereocenters. The fourth-order valence-corrected chi connectivity index (χ4v) is 4.54. The van der Waals surface area contributed by atoms with Crippen LogP contribution in [0.25, 0.3) is 0 Å². The van der Waals surface area contributed by atoms with Crippen LogP contribution in [0.2, 0.25) is 0 Å². The van der Waals surface area contributed by atoms with Crippen molar-refractivity contribution in [1.82, 2.24) is 14.5 Å². The molecule has 29 heavy (non-hydrogen) atoms. The summed E-state index contributed by atoms with van der Waals surface area (Å²) in [5.41, 5.74) is 2.57. The van der Waals surface area contributed by atoms with Gasteiger partial charge in [-0.05, 0) is 60.3 Å². The van der Waals surface area contributed by atoms with E-state index in [1.54, 1.807) is 26.2 Å². The zero-order chi connectivity index (χ0) is 20.1. The van der Waals surface area contributed by atoms with Gasteiger partial charge >= 0.3 is 0 Å². The Morgan fingerprint density at radius 1 is 1.00 bits per heavy atom. The molecule has 2 heterocycles. The molecular formula is C22H28N4O2S. The second-order valence-corrected chi connectivity index (χ2v) is 8.09. The smallest absolute Gasteiger partial charge is 0.170 e. The average Bonchev–Trinajstić information content (AvgIpc) is 3.28. The zero-order valence-corrected chi connectivity index (χ0v) is 17.8. The Morgan fingerprint density at radius 3 is 2.48 bits per heavy atom. The highest BCUT2D eigenvalue weighted by Crippen LogP contribution is 2.24. The summed E-state index contributed by atoms with van der Waals surface area (Å²) in [6.45, 7) is 5.31. The molecule has 2 aromatic carbocycles. The van der Waals surface area contributed by atoms with E-state index >= 15 is 0 Å². The van der Waals surface area contributed by atoms with Crippen molar-refractivity contribution in [2.75, 3.05) is 46.9 Å². The Labute approximate surface area is 177 Å². The second-order valence-electron chi connectivity index (χ2n) is 7.23. The maximum atomic E-state index is 5.32. The predicted molar refractivity (Wildman–Crippen MR) is 119 cm³/mol. The van der Waals surface area contributed by atoms with Crippen LogP contribution in [0.15, 0.2) is 53.5 Å². The van der Waals surface area contributed by atoms with Gasteiger partial charge in [-0.3, -0.25) is 4.90 Å². The molecule has 0 aromatic heterocycles. The summed E-state index contributed by atoms with van der Waals surface area (Å²) in [6, 6.07) is 16.4. The van der Waals surface area contributed by atoms with E-state index in [0.29, 0.717) is 0 Å². The zero-order valence-electron chi connectivity index (χ0n) is 17.0. The molecule has 0 aliphatic carbocycles. The van der Waals surface area contributed by atoms with Crippen molar-refractivity contribution in [2.45, 2.75) is 11.9 Å². The molecule has 7 heteroatoms. The van der Waals surface area contributed by atoms with Crippen molar-refractivity contribution < 1.29 is 9.47 Å². The predicted octanol–water partition coefficient (Wildman–Crippen LogP) is 2.85. The van der Waals surface area contributed by atoms with Crippen LogP contribution in [-0.4, -0.2) is 68.1 Å². The fourth-order valence-electron chi connectivity index (χ4n) is 3.63. The van der Waals surface area contributed by atoms with Crippen molar-refractivity contribution >= 4 is 17.8 Å². The molecule has 1 saturated heterocycles. The SMILES string of the molecule is COc1ccc(C2=NC(N3CCN(CCc4cccc(OC)c4)CC3)SN2)cc1. The third-order valence-corrected chi connectivity index (χ3v) is 6.36. The normalized spacial score (nSPS) is 20.2. The van der Waals surface area contributed by atoms with Crippen LogP contribution >= 0.6 is 11.9 Å². The molecule has 6 nitrogen and oxygen atoms in total. The number of rotatable bonds is 7. The Morgan fingerprint density at radius 2 is 1.76 bits per heavy atom. The summed E-state index contributed by atoms with van der Waals surface area (Å²) < 4.78 is 13.9. The highest BCUT2D eigenvalue weighted by atomic mass is 32.2. The average molecular weight is 413 g/mol. The molecule has 2 aliphatic heterocycles. The van der Waals surface area contributed by atoms with Gasteiger partial charge in [-0.15, -0.1) is 0 Å². The van der Waals surface area contributed by atoms with E-state index in [2.05, 4.69) is 32.7 Å². The van der Waals surface area contributed by atoms with E-state index in [4.69, 9.17) is 14.5 Å². The summed E-state index contributed by atoms with van der Waals surface area (Å²) in [6.07, 6.45) is 1.05. The van der Waals surface area contributed by atoms with Crippen molar-refractivity contribution in [2.24, 2.45) is 4.99 Å². The second kappa shape index (κ2) is 9.52. The number of hydrogen-bond acceptors (Lipinski definition) is 7. The van der Waals surface area contributed by atoms with Crippen molar-refractivity contribution in [3.05, 3.63) is 59.7 Å². The van der Waals surface area contributed by atoms with Crippen LogP contribution in [0, 0.1) is 0 Å². The van der Waals surface area contributed by atoms with Gasteiger partial charge in [0.2, 0.25) is 0 Å². The van der Waals surface area contributed by atoms with Crippen molar-refractivity contribution in [3.63, 3.8) is 0 Å². The van der Waals surface area contributed by atoms with Gasteiger partial charge in [-0.2, -0.15) is 0 Å². The van der Waals surface area contributed by atoms with Crippen LogP contribution < -0.4 is 14.2 Å². The van der Waals surface area contributed by atoms with E-state index < -0.39 is 0 Å². The van der Waals surface area contributed by atoms with E-state index in [0.717, 1.165) is 62.0 Å². The molecule has 0 spiro atoms. The minimum Gasteiger partial charge on any atom is -0.497 e. The molecule has 1 N–H and O–H groups in total. The van der Waals surface area contributed by atoms with Crippen LogP contribution in [0.4, 0.5) is 0 Å². The first-order valence-electron chi connectivity index (χ1n) is 9.98.